The van der Waals surface area contributed by atoms with Gasteiger partial charge in [0.2, 0.25) is 5.89 Å². The summed E-state index contributed by atoms with van der Waals surface area (Å²) in [4.78, 5) is 14.8. The van der Waals surface area contributed by atoms with Crippen molar-refractivity contribution in [2.75, 3.05) is 0 Å². The van der Waals surface area contributed by atoms with E-state index in [2.05, 4.69) is 15.2 Å². The maximum absolute atomic E-state index is 10.7. The molecule has 2 rings (SSSR count). The van der Waals surface area contributed by atoms with E-state index in [9.17, 15) is 4.79 Å². The third-order valence-electron chi connectivity index (χ3n) is 2.38. The quantitative estimate of drug-likeness (QED) is 0.893. The molecule has 0 aliphatic rings. The van der Waals surface area contributed by atoms with Crippen LogP contribution in [0.2, 0.25) is 0 Å². The molecule has 0 saturated heterocycles. The molecule has 6 nitrogen and oxygen atoms in total. The highest BCUT2D eigenvalue weighted by molar-refractivity contribution is 7.07. The van der Waals surface area contributed by atoms with E-state index in [4.69, 9.17) is 9.52 Å². The van der Waals surface area contributed by atoms with Crippen LogP contribution in [0.25, 0.3) is 11.6 Å². The summed E-state index contributed by atoms with van der Waals surface area (Å²) in [6, 6.07) is 0. The van der Waals surface area contributed by atoms with Crippen molar-refractivity contribution in [3.8, 4) is 11.6 Å². The van der Waals surface area contributed by atoms with Crippen molar-refractivity contribution in [3.05, 3.63) is 16.8 Å². The average Bonchev–Trinajstić information content (AvgIpc) is 2.82. The molecular formula is C11H13N3O3S. The highest BCUT2D eigenvalue weighted by Gasteiger charge is 2.25. The molecule has 0 fully saturated rings. The number of nitrogens with zero attached hydrogens (tertiary/aromatic N) is 3. The molecule has 0 aliphatic carbocycles. The number of carbonyl (C=O) groups is 1. The minimum absolute atomic E-state index is 0.0570. The standard InChI is InChI=1S/C11H13N3O3S/c1-11(2,4-9(15)16)3-8-13-14-10(17-8)7-5-18-6-12-7/h5-6H,3-4H2,1-2H3,(H,15,16). The Balaban J connectivity index is 2.09. The Morgan fingerprint density at radius 3 is 2.89 bits per heavy atom. The van der Waals surface area contributed by atoms with Crippen molar-refractivity contribution in [3.63, 3.8) is 0 Å². The van der Waals surface area contributed by atoms with Gasteiger partial charge in [-0.1, -0.05) is 13.8 Å². The molecule has 0 saturated carbocycles. The van der Waals surface area contributed by atoms with Gasteiger partial charge >= 0.3 is 5.97 Å². The van der Waals surface area contributed by atoms with Gasteiger partial charge in [0.25, 0.3) is 5.89 Å². The van der Waals surface area contributed by atoms with Crippen LogP contribution in [0, 0.1) is 5.41 Å². The van der Waals surface area contributed by atoms with E-state index in [1.165, 1.54) is 11.3 Å². The summed E-state index contributed by atoms with van der Waals surface area (Å²) in [5.41, 5.74) is 1.92. The molecule has 1 N–H and O–H groups in total. The van der Waals surface area contributed by atoms with Gasteiger partial charge in [0.05, 0.1) is 11.9 Å². The minimum Gasteiger partial charge on any atom is -0.481 e. The van der Waals surface area contributed by atoms with Crippen molar-refractivity contribution < 1.29 is 14.3 Å². The van der Waals surface area contributed by atoms with Crippen LogP contribution in [0.4, 0.5) is 0 Å². The molecule has 0 amide bonds. The van der Waals surface area contributed by atoms with Crippen LogP contribution in [-0.4, -0.2) is 26.3 Å². The number of thiazole rings is 1. The lowest BCUT2D eigenvalue weighted by Gasteiger charge is -2.19. The van der Waals surface area contributed by atoms with Gasteiger partial charge < -0.3 is 9.52 Å². The Kier molecular flexibility index (Phi) is 3.42. The van der Waals surface area contributed by atoms with Gasteiger partial charge in [0.15, 0.2) is 0 Å². The largest absolute Gasteiger partial charge is 0.481 e. The lowest BCUT2D eigenvalue weighted by atomic mass is 9.86. The molecule has 96 valence electrons. The third kappa shape index (κ3) is 3.13. The zero-order valence-electron chi connectivity index (χ0n) is 10.1. The predicted molar refractivity (Wildman–Crippen MR) is 65.1 cm³/mol. The molecular weight excluding hydrogens is 254 g/mol. The van der Waals surface area contributed by atoms with Crippen LogP contribution in [0.5, 0.6) is 0 Å². The highest BCUT2D eigenvalue weighted by atomic mass is 32.1. The van der Waals surface area contributed by atoms with Crippen molar-refractivity contribution in [1.29, 1.82) is 0 Å². The molecule has 2 aromatic rings. The molecule has 2 heterocycles. The van der Waals surface area contributed by atoms with Crippen LogP contribution < -0.4 is 0 Å². The Labute approximate surface area is 108 Å². The number of rotatable bonds is 5. The third-order valence-corrected chi connectivity index (χ3v) is 2.96. The Morgan fingerprint density at radius 1 is 1.50 bits per heavy atom. The first-order valence-electron chi connectivity index (χ1n) is 5.39. The van der Waals surface area contributed by atoms with Crippen LogP contribution in [0.15, 0.2) is 15.3 Å². The molecule has 0 aromatic carbocycles. The van der Waals surface area contributed by atoms with E-state index in [1.54, 1.807) is 5.51 Å². The van der Waals surface area contributed by atoms with Gasteiger partial charge in [0.1, 0.15) is 5.69 Å². The van der Waals surface area contributed by atoms with Crippen molar-refractivity contribution in [2.45, 2.75) is 26.7 Å². The van der Waals surface area contributed by atoms with Gasteiger partial charge in [-0.3, -0.25) is 4.79 Å². The fourth-order valence-electron chi connectivity index (χ4n) is 1.63. The lowest BCUT2D eigenvalue weighted by molar-refractivity contribution is -0.139. The first-order valence-corrected chi connectivity index (χ1v) is 6.33. The van der Waals surface area contributed by atoms with Gasteiger partial charge in [0, 0.05) is 11.8 Å². The number of hydrogen-bond donors (Lipinski definition) is 1. The average molecular weight is 267 g/mol. The summed E-state index contributed by atoms with van der Waals surface area (Å²) in [5.74, 6) is -0.0270. The van der Waals surface area contributed by atoms with E-state index in [0.29, 0.717) is 23.9 Å². The van der Waals surface area contributed by atoms with Crippen molar-refractivity contribution in [1.82, 2.24) is 15.2 Å². The molecule has 18 heavy (non-hydrogen) atoms. The topological polar surface area (TPSA) is 89.1 Å². The Morgan fingerprint density at radius 2 is 2.28 bits per heavy atom. The second kappa shape index (κ2) is 4.85. The Bertz CT molecular complexity index is 533. The van der Waals surface area contributed by atoms with E-state index in [0.717, 1.165) is 0 Å². The molecule has 7 heteroatoms. The predicted octanol–water partition coefficient (Wildman–Crippen LogP) is 2.24. The molecule has 0 atom stereocenters. The minimum atomic E-state index is -0.834. The first kappa shape index (κ1) is 12.7. The number of carboxylic acids is 1. The molecule has 0 bridgehead atoms. The van der Waals surface area contributed by atoms with Gasteiger partial charge in [-0.25, -0.2) is 4.98 Å². The molecule has 0 spiro atoms. The summed E-state index contributed by atoms with van der Waals surface area (Å²) in [5, 5.41) is 18.4. The zero-order chi connectivity index (χ0) is 13.2. The first-order chi connectivity index (χ1) is 8.46. The van der Waals surface area contributed by atoms with E-state index in [1.807, 2.05) is 19.2 Å². The normalized spacial score (nSPS) is 11.7. The van der Waals surface area contributed by atoms with Crippen molar-refractivity contribution >= 4 is 17.3 Å². The monoisotopic (exact) mass is 267 g/mol. The smallest absolute Gasteiger partial charge is 0.303 e. The summed E-state index contributed by atoms with van der Waals surface area (Å²) >= 11 is 1.45. The maximum Gasteiger partial charge on any atom is 0.303 e. The van der Waals surface area contributed by atoms with Crippen LogP contribution >= 0.6 is 11.3 Å². The van der Waals surface area contributed by atoms with Crippen LogP contribution in [0.1, 0.15) is 26.2 Å². The Hall–Kier alpha value is -1.76. The van der Waals surface area contributed by atoms with E-state index < -0.39 is 11.4 Å². The summed E-state index contributed by atoms with van der Waals surface area (Å²) in [6.45, 7) is 3.71. The molecule has 0 unspecified atom stereocenters. The van der Waals surface area contributed by atoms with E-state index in [-0.39, 0.29) is 6.42 Å². The molecule has 0 radical (unpaired) electrons. The van der Waals surface area contributed by atoms with E-state index >= 15 is 0 Å². The summed E-state index contributed by atoms with van der Waals surface area (Å²) in [7, 11) is 0. The highest BCUT2D eigenvalue weighted by Crippen LogP contribution is 2.26. The van der Waals surface area contributed by atoms with Gasteiger partial charge in [-0.2, -0.15) is 0 Å². The van der Waals surface area contributed by atoms with Crippen LogP contribution in [-0.2, 0) is 11.2 Å². The fourth-order valence-corrected chi connectivity index (χ4v) is 2.15. The summed E-state index contributed by atoms with van der Waals surface area (Å²) in [6.07, 6.45) is 0.484. The second-order valence-electron chi connectivity index (χ2n) is 4.79. The zero-order valence-corrected chi connectivity index (χ0v) is 10.9. The van der Waals surface area contributed by atoms with Crippen LogP contribution in [0.3, 0.4) is 0 Å². The van der Waals surface area contributed by atoms with Gasteiger partial charge in [-0.05, 0) is 5.41 Å². The van der Waals surface area contributed by atoms with Gasteiger partial charge in [-0.15, -0.1) is 21.5 Å². The molecule has 0 aliphatic heterocycles. The summed E-state index contributed by atoms with van der Waals surface area (Å²) < 4.78 is 5.47. The number of aromatic nitrogens is 3. The van der Waals surface area contributed by atoms with Crippen molar-refractivity contribution in [2.24, 2.45) is 5.41 Å². The maximum atomic E-state index is 10.7. The number of aliphatic carboxylic acids is 1. The SMILES string of the molecule is CC(C)(CC(=O)O)Cc1nnc(-c2cscn2)o1. The second-order valence-corrected chi connectivity index (χ2v) is 5.50. The lowest BCUT2D eigenvalue weighted by Crippen LogP contribution is -2.19. The number of carboxylic acid groups (broad SMARTS) is 1. The number of hydrogen-bond acceptors (Lipinski definition) is 6. The molecule has 2 aromatic heterocycles. The fraction of sp³-hybridized carbons (Fsp3) is 0.455.